The Bertz CT molecular complexity index is 599. The number of imidazole rings is 1. The molecule has 0 unspecified atom stereocenters. The lowest BCUT2D eigenvalue weighted by atomic mass is 10.3. The summed E-state index contributed by atoms with van der Waals surface area (Å²) in [6.07, 6.45) is 3.46. The van der Waals surface area contributed by atoms with Gasteiger partial charge in [-0.1, -0.05) is 22.0 Å². The van der Waals surface area contributed by atoms with Gasteiger partial charge in [0, 0.05) is 17.2 Å². The number of hydrogen-bond acceptors (Lipinski definition) is 2. The van der Waals surface area contributed by atoms with Crippen LogP contribution in [-0.4, -0.2) is 9.55 Å². The van der Waals surface area contributed by atoms with Crippen molar-refractivity contribution < 1.29 is 8.78 Å². The normalized spacial score (nSPS) is 10.5. The van der Waals surface area contributed by atoms with Crippen LogP contribution in [0.25, 0.3) is 0 Å². The summed E-state index contributed by atoms with van der Waals surface area (Å²) in [4.78, 5) is 4.19. The lowest BCUT2D eigenvalue weighted by Gasteiger charge is -2.10. The summed E-state index contributed by atoms with van der Waals surface area (Å²) < 4.78 is 29.5. The molecule has 100 valence electrons. The Labute approximate surface area is 118 Å². The van der Waals surface area contributed by atoms with Gasteiger partial charge in [0.2, 0.25) is 5.95 Å². The van der Waals surface area contributed by atoms with Gasteiger partial charge in [0.25, 0.3) is 0 Å². The minimum atomic E-state index is -0.683. The van der Waals surface area contributed by atoms with E-state index in [0.717, 1.165) is 5.69 Å². The minimum absolute atomic E-state index is 0.223. The van der Waals surface area contributed by atoms with Crippen molar-refractivity contribution in [3.8, 4) is 0 Å². The predicted molar refractivity (Wildman–Crippen MR) is 74.5 cm³/mol. The monoisotopic (exact) mass is 327 g/mol. The van der Waals surface area contributed by atoms with E-state index in [1.807, 2.05) is 0 Å². The van der Waals surface area contributed by atoms with Crippen molar-refractivity contribution in [2.45, 2.75) is 13.5 Å². The number of anilines is 2. The van der Waals surface area contributed by atoms with E-state index in [4.69, 9.17) is 0 Å². The number of aryl methyl sites for hydroxylation is 1. The van der Waals surface area contributed by atoms with Crippen LogP contribution in [-0.2, 0) is 6.54 Å². The minimum Gasteiger partial charge on any atom is -0.321 e. The van der Waals surface area contributed by atoms with Crippen molar-refractivity contribution in [1.29, 1.82) is 0 Å². The molecule has 0 atom stereocenters. The molecule has 0 spiro atoms. The van der Waals surface area contributed by atoms with E-state index in [9.17, 15) is 8.78 Å². The van der Waals surface area contributed by atoms with Crippen LogP contribution in [0.15, 0.2) is 35.5 Å². The predicted octanol–water partition coefficient (Wildman–Crippen LogP) is 4.16. The first-order valence-corrected chi connectivity index (χ1v) is 6.37. The van der Waals surface area contributed by atoms with Gasteiger partial charge in [-0.2, -0.15) is 0 Å². The zero-order chi connectivity index (χ0) is 14.0. The summed E-state index contributed by atoms with van der Waals surface area (Å²) in [6, 6.07) is 2.39. The molecule has 6 heteroatoms. The summed E-state index contributed by atoms with van der Waals surface area (Å²) in [5.74, 6) is -0.993. The lowest BCUT2D eigenvalue weighted by Crippen LogP contribution is -2.05. The maximum atomic E-state index is 13.7. The highest BCUT2D eigenvalue weighted by atomic mass is 79.9. The first-order valence-electron chi connectivity index (χ1n) is 5.57. The van der Waals surface area contributed by atoms with Crippen LogP contribution >= 0.6 is 15.9 Å². The van der Waals surface area contributed by atoms with Crippen LogP contribution in [0.5, 0.6) is 0 Å². The molecule has 0 saturated carbocycles. The van der Waals surface area contributed by atoms with E-state index >= 15 is 0 Å². The van der Waals surface area contributed by atoms with E-state index < -0.39 is 11.6 Å². The summed E-state index contributed by atoms with van der Waals surface area (Å²) in [7, 11) is 0. The number of benzene rings is 1. The third-order valence-corrected chi connectivity index (χ3v) is 2.92. The van der Waals surface area contributed by atoms with Crippen LogP contribution in [0.3, 0.4) is 0 Å². The summed E-state index contributed by atoms with van der Waals surface area (Å²) in [5, 5.41) is 2.68. The van der Waals surface area contributed by atoms with E-state index in [2.05, 4.69) is 32.8 Å². The number of nitrogens with zero attached hydrogens (tertiary/aromatic N) is 2. The second-order valence-electron chi connectivity index (χ2n) is 4.02. The Hall–Kier alpha value is -1.69. The third-order valence-electron chi connectivity index (χ3n) is 2.47. The van der Waals surface area contributed by atoms with Gasteiger partial charge in [0.05, 0.1) is 5.69 Å². The van der Waals surface area contributed by atoms with Gasteiger partial charge in [-0.25, -0.2) is 13.8 Å². The van der Waals surface area contributed by atoms with Crippen LogP contribution in [0.4, 0.5) is 20.4 Å². The first-order chi connectivity index (χ1) is 9.01. The number of allylic oxidation sites excluding steroid dienone is 1. The van der Waals surface area contributed by atoms with Gasteiger partial charge >= 0.3 is 0 Å². The van der Waals surface area contributed by atoms with Crippen LogP contribution in [0, 0.1) is 18.6 Å². The molecule has 0 fully saturated rings. The maximum Gasteiger partial charge on any atom is 0.208 e. The van der Waals surface area contributed by atoms with Crippen molar-refractivity contribution in [3.63, 3.8) is 0 Å². The lowest BCUT2D eigenvalue weighted by molar-refractivity contribution is 0.588. The van der Waals surface area contributed by atoms with Crippen molar-refractivity contribution in [3.05, 3.63) is 52.8 Å². The highest BCUT2D eigenvalue weighted by Crippen LogP contribution is 2.26. The molecule has 1 N–H and O–H groups in total. The molecule has 0 radical (unpaired) electrons. The Morgan fingerprint density at radius 2 is 2.05 bits per heavy atom. The molecule has 1 aromatic carbocycles. The molecule has 0 aliphatic carbocycles. The quantitative estimate of drug-likeness (QED) is 0.854. The number of hydrogen-bond donors (Lipinski definition) is 1. The fourth-order valence-electron chi connectivity index (χ4n) is 1.70. The Morgan fingerprint density at radius 3 is 2.63 bits per heavy atom. The summed E-state index contributed by atoms with van der Waals surface area (Å²) in [6.45, 7) is 5.94. The number of halogens is 3. The van der Waals surface area contributed by atoms with Gasteiger partial charge in [-0.15, -0.1) is 6.58 Å². The van der Waals surface area contributed by atoms with Crippen molar-refractivity contribution in [1.82, 2.24) is 9.55 Å². The van der Waals surface area contributed by atoms with Gasteiger partial charge in [0.1, 0.15) is 5.69 Å². The van der Waals surface area contributed by atoms with Crippen molar-refractivity contribution >= 4 is 27.6 Å². The summed E-state index contributed by atoms with van der Waals surface area (Å²) in [5.41, 5.74) is 0.529. The van der Waals surface area contributed by atoms with Crippen molar-refractivity contribution in [2.24, 2.45) is 0 Å². The fraction of sp³-hybridized carbons (Fsp3) is 0.154. The van der Waals surface area contributed by atoms with Crippen LogP contribution in [0.2, 0.25) is 0 Å². The average molecular weight is 328 g/mol. The topological polar surface area (TPSA) is 29.9 Å². The van der Waals surface area contributed by atoms with Gasteiger partial charge < -0.3 is 9.88 Å². The molecule has 2 aromatic rings. The van der Waals surface area contributed by atoms with Gasteiger partial charge in [0.15, 0.2) is 11.6 Å². The van der Waals surface area contributed by atoms with E-state index in [1.165, 1.54) is 12.1 Å². The molecule has 19 heavy (non-hydrogen) atoms. The molecule has 0 aliphatic rings. The molecule has 0 saturated heterocycles. The first kappa shape index (κ1) is 13.7. The smallest absolute Gasteiger partial charge is 0.208 e. The molecular weight excluding hydrogens is 316 g/mol. The molecule has 1 aromatic heterocycles. The zero-order valence-corrected chi connectivity index (χ0v) is 11.8. The molecule has 1 heterocycles. The van der Waals surface area contributed by atoms with Gasteiger partial charge in [-0.3, -0.25) is 0 Å². The van der Waals surface area contributed by atoms with E-state index in [0.29, 0.717) is 17.0 Å². The number of nitrogens with one attached hydrogen (secondary N) is 1. The number of rotatable bonds is 4. The second-order valence-corrected chi connectivity index (χ2v) is 4.93. The Balaban J connectivity index is 2.38. The van der Waals surface area contributed by atoms with Crippen LogP contribution < -0.4 is 5.32 Å². The molecular formula is C13H12BrF2N3. The molecule has 0 aliphatic heterocycles. The van der Waals surface area contributed by atoms with Crippen molar-refractivity contribution in [2.75, 3.05) is 5.32 Å². The Morgan fingerprint density at radius 1 is 1.42 bits per heavy atom. The molecule has 2 rings (SSSR count). The Kier molecular flexibility index (Phi) is 3.99. The standard InChI is InChI=1S/C13H12BrF2N3/c1-3-4-19-7-8(2)17-13(19)18-12-10(15)5-9(14)6-11(12)16/h3,5-7H,1,4H2,2H3,(H,17,18). The molecule has 0 bridgehead atoms. The van der Waals surface area contributed by atoms with E-state index in [1.54, 1.807) is 23.8 Å². The highest BCUT2D eigenvalue weighted by Gasteiger charge is 2.13. The van der Waals surface area contributed by atoms with E-state index in [-0.39, 0.29) is 5.69 Å². The maximum absolute atomic E-state index is 13.7. The zero-order valence-electron chi connectivity index (χ0n) is 10.3. The fourth-order valence-corrected chi connectivity index (χ4v) is 2.10. The van der Waals surface area contributed by atoms with Crippen LogP contribution in [0.1, 0.15) is 5.69 Å². The molecule has 0 amide bonds. The third kappa shape index (κ3) is 3.01. The number of aromatic nitrogens is 2. The largest absolute Gasteiger partial charge is 0.321 e. The average Bonchev–Trinajstić information content (AvgIpc) is 2.64. The molecule has 3 nitrogen and oxygen atoms in total. The highest BCUT2D eigenvalue weighted by molar-refractivity contribution is 9.10. The summed E-state index contributed by atoms with van der Waals surface area (Å²) >= 11 is 3.03. The second kappa shape index (κ2) is 5.52. The SMILES string of the molecule is C=CCn1cc(C)nc1Nc1c(F)cc(Br)cc1F. The van der Waals surface area contributed by atoms with Gasteiger partial charge in [-0.05, 0) is 19.1 Å².